The fraction of sp³-hybridized carbons (Fsp3) is 0.857. The van der Waals surface area contributed by atoms with Gasteiger partial charge < -0.3 is 14.9 Å². The largest absolute Gasteiger partial charge is 0.481 e. The molecule has 0 radical (unpaired) electrons. The molecular formula is C21H42O6. The highest BCUT2D eigenvalue weighted by Gasteiger charge is 1.94. The summed E-state index contributed by atoms with van der Waals surface area (Å²) in [5.41, 5.74) is 0. The molecule has 0 spiro atoms. The van der Waals surface area contributed by atoms with Gasteiger partial charge >= 0.3 is 17.9 Å². The Labute approximate surface area is 165 Å². The zero-order chi connectivity index (χ0) is 21.3. The van der Waals surface area contributed by atoms with Crippen LogP contribution >= 0.6 is 0 Å². The Morgan fingerprint density at radius 3 is 1.30 bits per heavy atom. The fourth-order valence-corrected chi connectivity index (χ4v) is 1.97. The van der Waals surface area contributed by atoms with E-state index < -0.39 is 11.9 Å². The van der Waals surface area contributed by atoms with E-state index in [1.165, 1.54) is 26.2 Å². The van der Waals surface area contributed by atoms with Crippen molar-refractivity contribution in [2.45, 2.75) is 111 Å². The monoisotopic (exact) mass is 390 g/mol. The van der Waals surface area contributed by atoms with Crippen molar-refractivity contribution < 1.29 is 29.3 Å². The topological polar surface area (TPSA) is 101 Å². The number of carboxylic acids is 2. The molecule has 0 rings (SSSR count). The number of carbonyl (C=O) groups excluding carboxylic acids is 1. The highest BCUT2D eigenvalue weighted by atomic mass is 16.5. The van der Waals surface area contributed by atoms with E-state index >= 15 is 0 Å². The highest BCUT2D eigenvalue weighted by Crippen LogP contribution is 2.02. The fourth-order valence-electron chi connectivity index (χ4n) is 1.97. The van der Waals surface area contributed by atoms with E-state index in [-0.39, 0.29) is 5.97 Å². The van der Waals surface area contributed by atoms with Crippen LogP contribution in [0.15, 0.2) is 0 Å². The van der Waals surface area contributed by atoms with Crippen LogP contribution in [0.25, 0.3) is 0 Å². The molecule has 0 heterocycles. The minimum Gasteiger partial charge on any atom is -0.481 e. The van der Waals surface area contributed by atoms with E-state index in [1.54, 1.807) is 0 Å². The number of hydrogen-bond donors (Lipinski definition) is 2. The molecule has 0 aliphatic carbocycles. The SMILES string of the molecule is CCCCCCC(=O)O.CCCCCCC(=O)O.CCCCCOC(C)=O. The molecule has 0 aromatic heterocycles. The standard InChI is InChI=1S/3C7H14O2/c1-3-4-5-6-9-7(2)8;2*1-2-3-4-5-6-7(8)9/h3-6H2,1-2H3;2*2-6H2,1H3,(H,8,9). The van der Waals surface area contributed by atoms with Gasteiger partial charge in [0.25, 0.3) is 0 Å². The first-order chi connectivity index (χ1) is 12.8. The van der Waals surface area contributed by atoms with Crippen LogP contribution in [0.5, 0.6) is 0 Å². The highest BCUT2D eigenvalue weighted by molar-refractivity contribution is 5.66. The quantitative estimate of drug-likeness (QED) is 0.286. The van der Waals surface area contributed by atoms with Gasteiger partial charge in [0, 0.05) is 19.8 Å². The maximum absolute atomic E-state index is 10.2. The Bertz CT molecular complexity index is 289. The Hall–Kier alpha value is -1.59. The van der Waals surface area contributed by atoms with Crippen LogP contribution in [0.2, 0.25) is 0 Å². The minimum absolute atomic E-state index is 0.175. The van der Waals surface area contributed by atoms with Gasteiger partial charge in [-0.1, -0.05) is 72.1 Å². The summed E-state index contributed by atoms with van der Waals surface area (Å²) in [7, 11) is 0. The summed E-state index contributed by atoms with van der Waals surface area (Å²) in [6, 6.07) is 0. The van der Waals surface area contributed by atoms with Crippen LogP contribution < -0.4 is 0 Å². The molecule has 0 bridgehead atoms. The van der Waals surface area contributed by atoms with Gasteiger partial charge in [0.2, 0.25) is 0 Å². The second kappa shape index (κ2) is 26.6. The molecule has 6 heteroatoms. The van der Waals surface area contributed by atoms with Crippen LogP contribution in [-0.4, -0.2) is 34.7 Å². The molecule has 0 saturated heterocycles. The first-order valence-corrected chi connectivity index (χ1v) is 10.4. The number of carbonyl (C=O) groups is 3. The van der Waals surface area contributed by atoms with E-state index in [1.807, 2.05) is 0 Å². The molecule has 2 N–H and O–H groups in total. The van der Waals surface area contributed by atoms with E-state index in [2.05, 4.69) is 20.8 Å². The number of carboxylic acid groups (broad SMARTS) is 2. The second-order valence-corrected chi connectivity index (χ2v) is 6.46. The Morgan fingerprint density at radius 1 is 0.630 bits per heavy atom. The molecule has 0 saturated carbocycles. The molecule has 0 unspecified atom stereocenters. The van der Waals surface area contributed by atoms with Gasteiger partial charge in [0.1, 0.15) is 0 Å². The predicted molar refractivity (Wildman–Crippen MR) is 109 cm³/mol. The molecule has 0 aliphatic heterocycles. The molecule has 0 aliphatic rings. The summed E-state index contributed by atoms with van der Waals surface area (Å²) in [4.78, 5) is 30.1. The lowest BCUT2D eigenvalue weighted by Gasteiger charge is -1.98. The van der Waals surface area contributed by atoms with Gasteiger partial charge in [-0.2, -0.15) is 0 Å². The van der Waals surface area contributed by atoms with E-state index in [9.17, 15) is 14.4 Å². The van der Waals surface area contributed by atoms with Gasteiger partial charge in [0.15, 0.2) is 0 Å². The van der Waals surface area contributed by atoms with E-state index in [4.69, 9.17) is 14.9 Å². The lowest BCUT2D eigenvalue weighted by molar-refractivity contribution is -0.141. The molecule has 27 heavy (non-hydrogen) atoms. The number of esters is 1. The van der Waals surface area contributed by atoms with Crippen LogP contribution in [0.1, 0.15) is 111 Å². The van der Waals surface area contributed by atoms with E-state index in [0.29, 0.717) is 19.4 Å². The van der Waals surface area contributed by atoms with Crippen molar-refractivity contribution in [2.24, 2.45) is 0 Å². The predicted octanol–water partition coefficient (Wildman–Crippen LogP) is 5.82. The van der Waals surface area contributed by atoms with Crippen LogP contribution in [-0.2, 0) is 19.1 Å². The smallest absolute Gasteiger partial charge is 0.303 e. The molecule has 162 valence electrons. The zero-order valence-corrected chi connectivity index (χ0v) is 17.9. The van der Waals surface area contributed by atoms with Gasteiger partial charge in [-0.25, -0.2) is 0 Å². The average Bonchev–Trinajstić information content (AvgIpc) is 2.60. The van der Waals surface area contributed by atoms with Crippen LogP contribution in [0, 0.1) is 0 Å². The second-order valence-electron chi connectivity index (χ2n) is 6.46. The van der Waals surface area contributed by atoms with Crippen molar-refractivity contribution in [1.82, 2.24) is 0 Å². The van der Waals surface area contributed by atoms with Crippen molar-refractivity contribution in [3.05, 3.63) is 0 Å². The number of hydrogen-bond acceptors (Lipinski definition) is 4. The third-order valence-corrected chi connectivity index (χ3v) is 3.54. The van der Waals surface area contributed by atoms with Crippen molar-refractivity contribution >= 4 is 17.9 Å². The van der Waals surface area contributed by atoms with Crippen LogP contribution in [0.4, 0.5) is 0 Å². The first-order valence-electron chi connectivity index (χ1n) is 10.4. The van der Waals surface area contributed by atoms with Gasteiger partial charge in [0.05, 0.1) is 6.61 Å². The molecule has 0 aromatic rings. The molecule has 0 aromatic carbocycles. The Kier molecular flexibility index (Phi) is 29.7. The molecular weight excluding hydrogens is 348 g/mol. The summed E-state index contributed by atoms with van der Waals surface area (Å²) < 4.78 is 4.70. The van der Waals surface area contributed by atoms with Gasteiger partial charge in [-0.15, -0.1) is 0 Å². The van der Waals surface area contributed by atoms with Crippen molar-refractivity contribution in [2.75, 3.05) is 6.61 Å². The van der Waals surface area contributed by atoms with Gasteiger partial charge in [-0.05, 0) is 19.3 Å². The summed E-state index contributed by atoms with van der Waals surface area (Å²) in [6.45, 7) is 8.37. The van der Waals surface area contributed by atoms with E-state index in [0.717, 1.165) is 51.4 Å². The summed E-state index contributed by atoms with van der Waals surface area (Å²) >= 11 is 0. The van der Waals surface area contributed by atoms with Crippen LogP contribution in [0.3, 0.4) is 0 Å². The number of rotatable bonds is 14. The molecule has 6 nitrogen and oxygen atoms in total. The number of ether oxygens (including phenoxy) is 1. The molecule has 0 amide bonds. The normalized spacial score (nSPS) is 9.33. The zero-order valence-electron chi connectivity index (χ0n) is 17.9. The lowest BCUT2D eigenvalue weighted by atomic mass is 10.2. The lowest BCUT2D eigenvalue weighted by Crippen LogP contribution is -1.99. The number of aliphatic carboxylic acids is 2. The Balaban J connectivity index is -0.000000320. The average molecular weight is 391 g/mol. The molecule has 0 fully saturated rings. The van der Waals surface area contributed by atoms with Crippen molar-refractivity contribution in [1.29, 1.82) is 0 Å². The van der Waals surface area contributed by atoms with Crippen molar-refractivity contribution in [3.63, 3.8) is 0 Å². The first kappa shape index (κ1) is 30.1. The van der Waals surface area contributed by atoms with Gasteiger partial charge in [-0.3, -0.25) is 14.4 Å². The maximum atomic E-state index is 10.2. The molecule has 0 atom stereocenters. The summed E-state index contributed by atoms with van der Waals surface area (Å²) in [5, 5.41) is 16.4. The maximum Gasteiger partial charge on any atom is 0.303 e. The summed E-state index contributed by atoms with van der Waals surface area (Å²) in [6.07, 6.45) is 12.4. The summed E-state index contributed by atoms with van der Waals surface area (Å²) in [5.74, 6) is -1.52. The number of unbranched alkanes of at least 4 members (excludes halogenated alkanes) is 8. The Morgan fingerprint density at radius 2 is 1.00 bits per heavy atom. The third kappa shape index (κ3) is 45.5. The third-order valence-electron chi connectivity index (χ3n) is 3.54. The minimum atomic E-state index is -0.675. The van der Waals surface area contributed by atoms with Crippen molar-refractivity contribution in [3.8, 4) is 0 Å².